The number of benzene rings is 2. The van der Waals surface area contributed by atoms with Crippen molar-refractivity contribution in [3.63, 3.8) is 0 Å². The Hall–Kier alpha value is -3.02. The fourth-order valence-electron chi connectivity index (χ4n) is 3.43. The number of rotatable bonds is 12. The average Bonchev–Trinajstić information content (AvgIpc) is 2.77. The minimum Gasteiger partial charge on any atom is -0.444 e. The Balaban J connectivity index is 2.37. The number of nitro groups is 1. The highest BCUT2D eigenvalue weighted by atomic mass is 32.2. The van der Waals surface area contributed by atoms with Crippen molar-refractivity contribution >= 4 is 21.8 Å². The fourth-order valence-corrected chi connectivity index (χ4v) is 4.71. The maximum absolute atomic E-state index is 13.2. The van der Waals surface area contributed by atoms with Crippen LogP contribution in [0.2, 0.25) is 0 Å². The SMILES string of the molecule is CC(C)CNC[C@@H](NS(=O)(=O)c1ccc([N+](=O)[O-])cc1)[C@H](Cc1ccccc1)NC(=O)OC(C)(C)C. The van der Waals surface area contributed by atoms with Crippen LogP contribution in [0.15, 0.2) is 59.5 Å². The van der Waals surface area contributed by atoms with Gasteiger partial charge in [0.25, 0.3) is 5.69 Å². The Morgan fingerprint density at radius 2 is 1.61 bits per heavy atom. The van der Waals surface area contributed by atoms with Gasteiger partial charge in [0.1, 0.15) is 5.60 Å². The Labute approximate surface area is 213 Å². The second-order valence-electron chi connectivity index (χ2n) is 9.97. The third kappa shape index (κ3) is 9.92. The van der Waals surface area contributed by atoms with Crippen LogP contribution in [0.5, 0.6) is 0 Å². The summed E-state index contributed by atoms with van der Waals surface area (Å²) >= 11 is 0. The first kappa shape index (κ1) is 29.2. The Morgan fingerprint density at radius 1 is 1.00 bits per heavy atom. The molecule has 0 heterocycles. The van der Waals surface area contributed by atoms with Crippen LogP contribution < -0.4 is 15.4 Å². The molecule has 198 valence electrons. The van der Waals surface area contributed by atoms with Crippen LogP contribution in [0.3, 0.4) is 0 Å². The van der Waals surface area contributed by atoms with Crippen LogP contribution >= 0.6 is 0 Å². The lowest BCUT2D eigenvalue weighted by Crippen LogP contribution is -2.57. The maximum Gasteiger partial charge on any atom is 0.407 e. The number of hydrogen-bond donors (Lipinski definition) is 3. The van der Waals surface area contributed by atoms with E-state index in [0.29, 0.717) is 18.9 Å². The summed E-state index contributed by atoms with van der Waals surface area (Å²) in [4.78, 5) is 22.9. The molecule has 11 heteroatoms. The van der Waals surface area contributed by atoms with Crippen LogP contribution in [-0.4, -0.2) is 50.2 Å². The molecule has 0 unspecified atom stereocenters. The number of nitrogens with one attached hydrogen (secondary N) is 3. The first-order valence-corrected chi connectivity index (χ1v) is 13.3. The molecule has 0 spiro atoms. The van der Waals surface area contributed by atoms with Crippen molar-refractivity contribution in [2.45, 2.75) is 63.6 Å². The molecule has 0 bridgehead atoms. The lowest BCUT2D eigenvalue weighted by Gasteiger charge is -2.30. The molecule has 0 fully saturated rings. The number of amides is 1. The molecule has 3 N–H and O–H groups in total. The van der Waals surface area contributed by atoms with Crippen LogP contribution in [0, 0.1) is 16.0 Å². The third-order valence-corrected chi connectivity index (χ3v) is 6.57. The van der Waals surface area contributed by atoms with Gasteiger partial charge in [-0.3, -0.25) is 10.1 Å². The van der Waals surface area contributed by atoms with Crippen LogP contribution in [-0.2, 0) is 21.2 Å². The van der Waals surface area contributed by atoms with Crippen molar-refractivity contribution in [3.05, 3.63) is 70.3 Å². The summed E-state index contributed by atoms with van der Waals surface area (Å²) in [5, 5.41) is 17.1. The van der Waals surface area contributed by atoms with Crippen molar-refractivity contribution in [1.82, 2.24) is 15.4 Å². The van der Waals surface area contributed by atoms with Gasteiger partial charge < -0.3 is 15.4 Å². The van der Waals surface area contributed by atoms with Gasteiger partial charge in [0.2, 0.25) is 10.0 Å². The highest BCUT2D eigenvalue weighted by Crippen LogP contribution is 2.17. The normalized spacial score (nSPS) is 13.7. The zero-order chi connectivity index (χ0) is 26.9. The van der Waals surface area contributed by atoms with Crippen LogP contribution in [0.25, 0.3) is 0 Å². The number of carbonyl (C=O) groups is 1. The molecule has 0 radical (unpaired) electrons. The molecule has 2 aromatic carbocycles. The standard InChI is InChI=1S/C25H36N4O6S/c1-18(2)16-26-17-23(28-36(33,34)21-13-11-20(12-14-21)29(31)32)22(15-19-9-7-6-8-10-19)27-24(30)35-25(3,4)5/h6-14,18,22-23,26,28H,15-17H2,1-5H3,(H,27,30)/t22-,23+/m0/s1. The molecule has 36 heavy (non-hydrogen) atoms. The topological polar surface area (TPSA) is 140 Å². The van der Waals surface area contributed by atoms with Gasteiger partial charge in [-0.25, -0.2) is 17.9 Å². The van der Waals surface area contributed by atoms with Gasteiger partial charge >= 0.3 is 6.09 Å². The first-order valence-electron chi connectivity index (χ1n) is 11.8. The van der Waals surface area contributed by atoms with Crippen molar-refractivity contribution in [2.24, 2.45) is 5.92 Å². The number of sulfonamides is 1. The lowest BCUT2D eigenvalue weighted by atomic mass is 9.99. The zero-order valence-corrected chi connectivity index (χ0v) is 22.2. The highest BCUT2D eigenvalue weighted by Gasteiger charge is 2.30. The van der Waals surface area contributed by atoms with E-state index in [2.05, 4.69) is 15.4 Å². The number of nitrogens with zero attached hydrogens (tertiary/aromatic N) is 1. The molecular formula is C25H36N4O6S. The van der Waals surface area contributed by atoms with Crippen LogP contribution in [0.1, 0.15) is 40.2 Å². The number of carbonyl (C=O) groups excluding carboxylic acids is 1. The average molecular weight is 521 g/mol. The van der Waals surface area contributed by atoms with E-state index >= 15 is 0 Å². The molecule has 1 amide bonds. The number of ether oxygens (including phenoxy) is 1. The fraction of sp³-hybridized carbons (Fsp3) is 0.480. The Kier molecular flexibility index (Phi) is 10.4. The third-order valence-electron chi connectivity index (χ3n) is 5.07. The molecule has 0 saturated carbocycles. The van der Waals surface area contributed by atoms with E-state index in [9.17, 15) is 23.3 Å². The van der Waals surface area contributed by atoms with E-state index in [1.807, 2.05) is 44.2 Å². The molecule has 2 atom stereocenters. The van der Waals surface area contributed by atoms with Crippen molar-refractivity contribution in [1.29, 1.82) is 0 Å². The smallest absolute Gasteiger partial charge is 0.407 e. The second-order valence-corrected chi connectivity index (χ2v) is 11.7. The summed E-state index contributed by atoms with van der Waals surface area (Å²) in [6.45, 7) is 10.2. The summed E-state index contributed by atoms with van der Waals surface area (Å²) in [6, 6.07) is 12.6. The second kappa shape index (κ2) is 12.8. The summed E-state index contributed by atoms with van der Waals surface area (Å²) in [6.07, 6.45) is -0.316. The monoisotopic (exact) mass is 520 g/mol. The lowest BCUT2D eigenvalue weighted by molar-refractivity contribution is -0.384. The largest absolute Gasteiger partial charge is 0.444 e. The molecule has 10 nitrogen and oxygen atoms in total. The van der Waals surface area contributed by atoms with E-state index in [1.165, 1.54) is 12.1 Å². The van der Waals surface area contributed by atoms with Gasteiger partial charge in [-0.2, -0.15) is 0 Å². The molecule has 0 aliphatic carbocycles. The van der Waals surface area contributed by atoms with Gasteiger partial charge in [-0.15, -0.1) is 0 Å². The van der Waals surface area contributed by atoms with Gasteiger partial charge in [-0.05, 0) is 57.4 Å². The van der Waals surface area contributed by atoms with Crippen LogP contribution in [0.4, 0.5) is 10.5 Å². The minimum absolute atomic E-state index is 0.113. The van der Waals surface area contributed by atoms with Gasteiger partial charge in [0, 0.05) is 18.7 Å². The Morgan fingerprint density at radius 3 is 2.14 bits per heavy atom. The first-order chi connectivity index (χ1) is 16.8. The Bertz CT molecular complexity index is 1100. The molecule has 2 rings (SSSR count). The van der Waals surface area contributed by atoms with Gasteiger partial charge in [0.15, 0.2) is 0 Å². The van der Waals surface area contributed by atoms with E-state index in [1.54, 1.807) is 20.8 Å². The summed E-state index contributed by atoms with van der Waals surface area (Å²) < 4.78 is 34.6. The zero-order valence-electron chi connectivity index (χ0n) is 21.4. The molecule has 2 aromatic rings. The van der Waals surface area contributed by atoms with E-state index < -0.39 is 38.7 Å². The minimum atomic E-state index is -4.07. The van der Waals surface area contributed by atoms with E-state index in [0.717, 1.165) is 17.7 Å². The van der Waals surface area contributed by atoms with Gasteiger partial charge in [0.05, 0.1) is 21.9 Å². The highest BCUT2D eigenvalue weighted by molar-refractivity contribution is 7.89. The summed E-state index contributed by atoms with van der Waals surface area (Å²) in [7, 11) is -4.07. The number of alkyl carbamates (subject to hydrolysis) is 1. The summed E-state index contributed by atoms with van der Waals surface area (Å²) in [5.74, 6) is 0.323. The van der Waals surface area contributed by atoms with Crippen molar-refractivity contribution < 1.29 is 22.9 Å². The molecular weight excluding hydrogens is 484 g/mol. The number of hydrogen-bond acceptors (Lipinski definition) is 7. The predicted molar refractivity (Wildman–Crippen MR) is 138 cm³/mol. The summed E-state index contributed by atoms with van der Waals surface area (Å²) in [5.41, 5.74) is -0.0370. The van der Waals surface area contributed by atoms with Gasteiger partial charge in [-0.1, -0.05) is 44.2 Å². The predicted octanol–water partition coefficient (Wildman–Crippen LogP) is 3.62. The molecule has 0 saturated heterocycles. The number of nitro benzene ring substituents is 1. The van der Waals surface area contributed by atoms with Crippen molar-refractivity contribution in [3.8, 4) is 0 Å². The maximum atomic E-state index is 13.2. The number of non-ortho nitro benzene ring substituents is 1. The van der Waals surface area contributed by atoms with E-state index in [4.69, 9.17) is 4.74 Å². The van der Waals surface area contributed by atoms with E-state index in [-0.39, 0.29) is 17.1 Å². The van der Waals surface area contributed by atoms with Crippen molar-refractivity contribution in [2.75, 3.05) is 13.1 Å². The molecule has 0 aromatic heterocycles. The molecule has 0 aliphatic heterocycles. The quantitative estimate of drug-likeness (QED) is 0.287. The molecule has 0 aliphatic rings.